The van der Waals surface area contributed by atoms with Gasteiger partial charge in [-0.05, 0) is 6.07 Å². The van der Waals surface area contributed by atoms with E-state index in [0.29, 0.717) is 5.56 Å². The number of rotatable bonds is 6. The van der Waals surface area contributed by atoms with Gasteiger partial charge in [0.1, 0.15) is 12.2 Å². The Hall–Kier alpha value is -1.73. The number of carbonyl (C=O) groups is 1. The average molecular weight is 265 g/mol. The molecule has 0 bridgehead atoms. The fourth-order valence-electron chi connectivity index (χ4n) is 1.55. The molecule has 96 valence electrons. The van der Waals surface area contributed by atoms with Crippen LogP contribution in [0.15, 0.2) is 17.8 Å². The molecular weight excluding hydrogens is 250 g/mol. The topological polar surface area (TPSA) is 85.8 Å². The molecule has 0 spiro atoms. The monoisotopic (exact) mass is 265 g/mol. The van der Waals surface area contributed by atoms with Crippen molar-refractivity contribution in [3.05, 3.63) is 34.0 Å². The maximum Gasteiger partial charge on any atom is 0.249 e. The fraction of sp³-hybridized carbons (Fsp3) is 0.364. The van der Waals surface area contributed by atoms with Crippen molar-refractivity contribution in [3.8, 4) is 0 Å². The molecule has 0 aliphatic heterocycles. The van der Waals surface area contributed by atoms with Gasteiger partial charge in [0.2, 0.25) is 5.91 Å². The van der Waals surface area contributed by atoms with Crippen LogP contribution in [0.1, 0.15) is 21.1 Å². The highest BCUT2D eigenvalue weighted by Crippen LogP contribution is 2.13. The molecule has 2 aromatic heterocycles. The predicted molar refractivity (Wildman–Crippen MR) is 69.3 cm³/mol. The third kappa shape index (κ3) is 3.14. The van der Waals surface area contributed by atoms with Gasteiger partial charge in [-0.15, -0.1) is 21.5 Å². The number of primary amides is 1. The molecule has 0 saturated carbocycles. The first-order valence-corrected chi connectivity index (χ1v) is 6.45. The Morgan fingerprint density at radius 2 is 2.44 bits per heavy atom. The normalized spacial score (nSPS) is 10.7. The van der Waals surface area contributed by atoms with Crippen LogP contribution in [-0.2, 0) is 20.0 Å². The van der Waals surface area contributed by atoms with Crippen LogP contribution in [0.3, 0.4) is 0 Å². The Balaban J connectivity index is 1.75. The van der Waals surface area contributed by atoms with Crippen molar-refractivity contribution in [2.24, 2.45) is 12.8 Å². The van der Waals surface area contributed by atoms with Crippen molar-refractivity contribution in [1.82, 2.24) is 20.1 Å². The number of carbonyl (C=O) groups excluding carboxylic acids is 1. The second kappa shape index (κ2) is 5.74. The van der Waals surface area contributed by atoms with Crippen molar-refractivity contribution >= 4 is 17.2 Å². The zero-order valence-corrected chi connectivity index (χ0v) is 10.9. The third-order valence-corrected chi connectivity index (χ3v) is 3.50. The van der Waals surface area contributed by atoms with Crippen molar-refractivity contribution in [1.29, 1.82) is 0 Å². The molecule has 0 fully saturated rings. The number of aryl methyl sites for hydroxylation is 1. The van der Waals surface area contributed by atoms with Crippen molar-refractivity contribution < 1.29 is 4.79 Å². The Kier molecular flexibility index (Phi) is 4.06. The van der Waals surface area contributed by atoms with Gasteiger partial charge < -0.3 is 15.6 Å². The maximum absolute atomic E-state index is 10.9. The lowest BCUT2D eigenvalue weighted by molar-refractivity contribution is 0.100. The van der Waals surface area contributed by atoms with Crippen molar-refractivity contribution in [3.63, 3.8) is 0 Å². The van der Waals surface area contributed by atoms with Crippen LogP contribution in [0, 0.1) is 0 Å². The number of nitrogens with one attached hydrogen (secondary N) is 1. The number of nitrogens with two attached hydrogens (primary N) is 1. The molecule has 0 aliphatic carbocycles. The summed E-state index contributed by atoms with van der Waals surface area (Å²) in [5, 5.41) is 12.9. The van der Waals surface area contributed by atoms with E-state index in [0.717, 1.165) is 30.2 Å². The summed E-state index contributed by atoms with van der Waals surface area (Å²) < 4.78 is 1.90. The highest BCUT2D eigenvalue weighted by molar-refractivity contribution is 7.10. The molecule has 0 unspecified atom stereocenters. The summed E-state index contributed by atoms with van der Waals surface area (Å²) in [4.78, 5) is 12.0. The molecule has 2 heterocycles. The van der Waals surface area contributed by atoms with E-state index in [9.17, 15) is 4.79 Å². The smallest absolute Gasteiger partial charge is 0.249 e. The number of nitrogens with zero attached hydrogens (tertiary/aromatic N) is 3. The first-order valence-electron chi connectivity index (χ1n) is 5.57. The first kappa shape index (κ1) is 12.7. The SMILES string of the molecule is Cn1cnnc1CCNCc1cc(C(N)=O)cs1. The average Bonchev–Trinajstić information content (AvgIpc) is 2.94. The highest BCUT2D eigenvalue weighted by atomic mass is 32.1. The van der Waals surface area contributed by atoms with Crippen LogP contribution in [-0.4, -0.2) is 27.2 Å². The van der Waals surface area contributed by atoms with Gasteiger partial charge in [0.25, 0.3) is 0 Å². The Labute approximate surface area is 109 Å². The Bertz CT molecular complexity index is 533. The van der Waals surface area contributed by atoms with Crippen LogP contribution >= 0.6 is 11.3 Å². The zero-order valence-electron chi connectivity index (χ0n) is 10.1. The zero-order chi connectivity index (χ0) is 13.0. The minimum atomic E-state index is -0.378. The summed E-state index contributed by atoms with van der Waals surface area (Å²) in [6.45, 7) is 1.55. The van der Waals surface area contributed by atoms with Crippen molar-refractivity contribution in [2.75, 3.05) is 6.54 Å². The number of thiophene rings is 1. The molecular formula is C11H15N5OS. The van der Waals surface area contributed by atoms with Crippen LogP contribution in [0.25, 0.3) is 0 Å². The molecule has 0 atom stereocenters. The summed E-state index contributed by atoms with van der Waals surface area (Å²) in [6.07, 6.45) is 2.51. The quantitative estimate of drug-likeness (QED) is 0.736. The van der Waals surface area contributed by atoms with Gasteiger partial charge in [0.15, 0.2) is 0 Å². The number of aromatic nitrogens is 3. The van der Waals surface area contributed by atoms with E-state index in [2.05, 4.69) is 15.5 Å². The van der Waals surface area contributed by atoms with E-state index in [1.165, 1.54) is 11.3 Å². The van der Waals surface area contributed by atoms with E-state index < -0.39 is 0 Å². The number of hydrogen-bond donors (Lipinski definition) is 2. The lowest BCUT2D eigenvalue weighted by Crippen LogP contribution is -2.17. The predicted octanol–water partition coefficient (Wildman–Crippen LogP) is 0.308. The summed E-state index contributed by atoms with van der Waals surface area (Å²) in [5.41, 5.74) is 5.77. The molecule has 3 N–H and O–H groups in total. The van der Waals surface area contributed by atoms with Gasteiger partial charge in [-0.1, -0.05) is 0 Å². The summed E-state index contributed by atoms with van der Waals surface area (Å²) in [5.74, 6) is 0.572. The minimum absolute atomic E-state index is 0.378. The highest BCUT2D eigenvalue weighted by Gasteiger charge is 2.04. The van der Waals surface area contributed by atoms with E-state index in [-0.39, 0.29) is 5.91 Å². The molecule has 0 aromatic carbocycles. The van der Waals surface area contributed by atoms with Gasteiger partial charge in [-0.2, -0.15) is 0 Å². The lowest BCUT2D eigenvalue weighted by atomic mass is 10.3. The second-order valence-electron chi connectivity index (χ2n) is 3.95. The van der Waals surface area contributed by atoms with E-state index in [1.54, 1.807) is 11.7 Å². The van der Waals surface area contributed by atoms with Gasteiger partial charge in [-0.25, -0.2) is 0 Å². The molecule has 0 aliphatic rings. The largest absolute Gasteiger partial charge is 0.366 e. The standard InChI is InChI=1S/C11H15N5OS/c1-16-7-14-15-10(16)2-3-13-5-9-4-8(6-18-9)11(12)17/h4,6-7,13H,2-3,5H2,1H3,(H2,12,17). The molecule has 2 aromatic rings. The van der Waals surface area contributed by atoms with Gasteiger partial charge in [0.05, 0.1) is 5.56 Å². The lowest BCUT2D eigenvalue weighted by Gasteiger charge is -2.02. The Morgan fingerprint density at radius 1 is 1.61 bits per heavy atom. The second-order valence-corrected chi connectivity index (χ2v) is 4.95. The molecule has 0 saturated heterocycles. The third-order valence-electron chi connectivity index (χ3n) is 2.57. The van der Waals surface area contributed by atoms with Crippen LogP contribution < -0.4 is 11.1 Å². The van der Waals surface area contributed by atoms with E-state index >= 15 is 0 Å². The summed E-state index contributed by atoms with van der Waals surface area (Å²) >= 11 is 1.53. The molecule has 7 heteroatoms. The molecule has 0 radical (unpaired) electrons. The fourth-order valence-corrected chi connectivity index (χ4v) is 2.39. The van der Waals surface area contributed by atoms with E-state index in [1.807, 2.05) is 17.7 Å². The van der Waals surface area contributed by atoms with Gasteiger partial charge >= 0.3 is 0 Å². The van der Waals surface area contributed by atoms with Crippen LogP contribution in [0.4, 0.5) is 0 Å². The molecule has 2 rings (SSSR count). The summed E-state index contributed by atoms with van der Waals surface area (Å²) in [7, 11) is 1.92. The van der Waals surface area contributed by atoms with Gasteiger partial charge in [0, 0.05) is 36.8 Å². The molecule has 6 nitrogen and oxygen atoms in total. The minimum Gasteiger partial charge on any atom is -0.366 e. The number of hydrogen-bond acceptors (Lipinski definition) is 5. The molecule has 18 heavy (non-hydrogen) atoms. The number of amides is 1. The first-order chi connectivity index (χ1) is 8.66. The maximum atomic E-state index is 10.9. The Morgan fingerprint density at radius 3 is 3.06 bits per heavy atom. The van der Waals surface area contributed by atoms with E-state index in [4.69, 9.17) is 5.73 Å². The summed E-state index contributed by atoms with van der Waals surface area (Å²) in [6, 6.07) is 1.82. The van der Waals surface area contributed by atoms with Crippen LogP contribution in [0.5, 0.6) is 0 Å². The van der Waals surface area contributed by atoms with Crippen molar-refractivity contribution in [2.45, 2.75) is 13.0 Å². The van der Waals surface area contributed by atoms with Crippen LogP contribution in [0.2, 0.25) is 0 Å². The molecule has 1 amide bonds. The van der Waals surface area contributed by atoms with Gasteiger partial charge in [-0.3, -0.25) is 4.79 Å².